The Labute approximate surface area is 174 Å². The maximum Gasteiger partial charge on any atom is 0.242 e. The molecule has 1 fully saturated rings. The molecular weight excluding hydrogens is 390 g/mol. The first-order chi connectivity index (χ1) is 14.2. The maximum atomic E-state index is 6.01. The molecule has 1 saturated heterocycles. The van der Waals surface area contributed by atoms with Crippen molar-refractivity contribution in [3.8, 4) is 0 Å². The number of pyridine rings is 1. The van der Waals surface area contributed by atoms with Crippen LogP contribution < -0.4 is 10.6 Å². The fourth-order valence-electron chi connectivity index (χ4n) is 3.52. The van der Waals surface area contributed by atoms with E-state index in [1.54, 1.807) is 12.1 Å². The zero-order chi connectivity index (χ0) is 20.1. The Kier molecular flexibility index (Phi) is 6.27. The first-order valence-electron chi connectivity index (χ1n) is 9.79. The van der Waals surface area contributed by atoms with Crippen molar-refractivity contribution in [1.29, 1.82) is 0 Å². The number of nitrogens with two attached hydrogens (primary N) is 1. The van der Waals surface area contributed by atoms with Crippen molar-refractivity contribution >= 4 is 23.1 Å². The first-order valence-corrected chi connectivity index (χ1v) is 10.2. The number of hydrogen-bond acceptors (Lipinski definition) is 7. The molecule has 0 bridgehead atoms. The average Bonchev–Trinajstić information content (AvgIpc) is 3.23. The lowest BCUT2D eigenvalue weighted by Gasteiger charge is -2.31. The minimum Gasteiger partial charge on any atom is -0.422 e. The van der Waals surface area contributed by atoms with Gasteiger partial charge in [-0.3, -0.25) is 0 Å². The molecule has 3 aromatic rings. The fourth-order valence-corrected chi connectivity index (χ4v) is 3.71. The Hall–Kier alpha value is -2.64. The van der Waals surface area contributed by atoms with E-state index in [9.17, 15) is 0 Å². The van der Waals surface area contributed by atoms with Crippen LogP contribution in [-0.2, 0) is 17.8 Å². The van der Waals surface area contributed by atoms with E-state index in [1.165, 1.54) is 0 Å². The molecule has 2 N–H and O–H groups in total. The van der Waals surface area contributed by atoms with E-state index in [4.69, 9.17) is 26.5 Å². The van der Waals surface area contributed by atoms with Gasteiger partial charge in [-0.2, -0.15) is 0 Å². The van der Waals surface area contributed by atoms with E-state index in [0.29, 0.717) is 36.4 Å². The molecule has 0 spiro atoms. The number of hydrogen-bond donors (Lipinski definition) is 1. The molecule has 152 valence electrons. The normalized spacial score (nSPS) is 15.0. The second-order valence-corrected chi connectivity index (χ2v) is 7.57. The van der Waals surface area contributed by atoms with Crippen LogP contribution >= 0.6 is 11.6 Å². The number of halogens is 1. The second kappa shape index (κ2) is 9.24. The number of nitrogen functional groups attached to an aromatic ring is 1. The van der Waals surface area contributed by atoms with Crippen molar-refractivity contribution in [3.63, 3.8) is 0 Å². The molecule has 4 rings (SSSR count). The van der Waals surface area contributed by atoms with Gasteiger partial charge in [-0.25, -0.2) is 4.98 Å². The molecule has 7 nitrogen and oxygen atoms in total. The van der Waals surface area contributed by atoms with Crippen molar-refractivity contribution in [2.45, 2.75) is 31.8 Å². The van der Waals surface area contributed by atoms with Gasteiger partial charge in [0.05, 0.1) is 6.61 Å². The van der Waals surface area contributed by atoms with Crippen LogP contribution in [0.25, 0.3) is 0 Å². The summed E-state index contributed by atoms with van der Waals surface area (Å²) >= 11 is 6.01. The predicted octanol–water partition coefficient (Wildman–Crippen LogP) is 3.84. The molecule has 8 heteroatoms. The Morgan fingerprint density at radius 3 is 2.83 bits per heavy atom. The molecule has 3 heterocycles. The molecular formula is C21H24ClN5O2. The quantitative estimate of drug-likeness (QED) is 0.464. The minimum absolute atomic E-state index is 0.280. The number of piperidine rings is 1. The number of ether oxygens (including phenoxy) is 1. The average molecular weight is 414 g/mol. The van der Waals surface area contributed by atoms with Gasteiger partial charge in [0.15, 0.2) is 0 Å². The van der Waals surface area contributed by atoms with E-state index in [2.05, 4.69) is 20.1 Å². The van der Waals surface area contributed by atoms with E-state index in [-0.39, 0.29) is 5.92 Å². The first kappa shape index (κ1) is 19.7. The van der Waals surface area contributed by atoms with Crippen molar-refractivity contribution < 1.29 is 9.15 Å². The molecule has 1 aliphatic rings. The molecule has 0 radical (unpaired) electrons. The van der Waals surface area contributed by atoms with Crippen molar-refractivity contribution in [3.05, 3.63) is 65.0 Å². The summed E-state index contributed by atoms with van der Waals surface area (Å²) in [6.07, 6.45) is 4.44. The summed E-state index contributed by atoms with van der Waals surface area (Å²) < 4.78 is 11.5. The predicted molar refractivity (Wildman–Crippen MR) is 112 cm³/mol. The third kappa shape index (κ3) is 5.05. The third-order valence-corrected chi connectivity index (χ3v) is 5.38. The molecule has 29 heavy (non-hydrogen) atoms. The monoisotopic (exact) mass is 413 g/mol. The Morgan fingerprint density at radius 1 is 1.17 bits per heavy atom. The molecule has 0 atom stereocenters. The van der Waals surface area contributed by atoms with Crippen molar-refractivity contribution in [1.82, 2.24) is 15.2 Å². The molecule has 0 saturated carbocycles. The van der Waals surface area contributed by atoms with Crippen LogP contribution in [0.3, 0.4) is 0 Å². The molecule has 1 aromatic carbocycles. The van der Waals surface area contributed by atoms with Crippen molar-refractivity contribution in [2.75, 3.05) is 30.3 Å². The topological polar surface area (TPSA) is 90.3 Å². The smallest absolute Gasteiger partial charge is 0.242 e. The highest BCUT2D eigenvalue weighted by Gasteiger charge is 2.25. The highest BCUT2D eigenvalue weighted by atomic mass is 35.5. The Morgan fingerprint density at radius 2 is 2.03 bits per heavy atom. The lowest BCUT2D eigenvalue weighted by Crippen LogP contribution is -2.33. The summed E-state index contributed by atoms with van der Waals surface area (Å²) in [5, 5.41) is 9.03. The van der Waals surface area contributed by atoms with Gasteiger partial charge in [0.1, 0.15) is 12.4 Å². The summed E-state index contributed by atoms with van der Waals surface area (Å²) in [5.74, 6) is 2.50. The van der Waals surface area contributed by atoms with E-state index < -0.39 is 0 Å². The van der Waals surface area contributed by atoms with Crippen LogP contribution in [0.1, 0.15) is 36.1 Å². The Bertz CT molecular complexity index is 926. The Balaban J connectivity index is 1.23. The lowest BCUT2D eigenvalue weighted by molar-refractivity contribution is 0.104. The van der Waals surface area contributed by atoms with E-state index in [1.807, 2.05) is 30.5 Å². The van der Waals surface area contributed by atoms with Crippen LogP contribution in [0, 0.1) is 0 Å². The summed E-state index contributed by atoms with van der Waals surface area (Å²) in [4.78, 5) is 6.71. The summed E-state index contributed by atoms with van der Waals surface area (Å²) in [7, 11) is 0. The number of rotatable bonds is 7. The lowest BCUT2D eigenvalue weighted by atomic mass is 9.97. The van der Waals surface area contributed by atoms with Crippen LogP contribution in [0.4, 0.5) is 11.5 Å². The molecule has 0 unspecified atom stereocenters. The number of nitrogens with zero attached hydrogens (tertiary/aromatic N) is 4. The van der Waals surface area contributed by atoms with Crippen molar-refractivity contribution in [2.24, 2.45) is 0 Å². The van der Waals surface area contributed by atoms with Crippen LogP contribution in [0.5, 0.6) is 0 Å². The highest BCUT2D eigenvalue weighted by molar-refractivity contribution is 6.30. The SMILES string of the molecule is Nc1ccc(Cl)cc1CCOCc1nnc(C2CCN(c3ccccn3)CC2)o1. The van der Waals surface area contributed by atoms with Crippen LogP contribution in [0.15, 0.2) is 47.0 Å². The van der Waals surface area contributed by atoms with Crippen LogP contribution in [-0.4, -0.2) is 34.9 Å². The van der Waals surface area contributed by atoms with Gasteiger partial charge >= 0.3 is 0 Å². The number of benzene rings is 1. The minimum atomic E-state index is 0.280. The van der Waals surface area contributed by atoms with Crippen LogP contribution in [0.2, 0.25) is 5.02 Å². The second-order valence-electron chi connectivity index (χ2n) is 7.13. The zero-order valence-corrected chi connectivity index (χ0v) is 16.9. The van der Waals surface area contributed by atoms with E-state index in [0.717, 1.165) is 43.0 Å². The zero-order valence-electron chi connectivity index (χ0n) is 16.1. The fraction of sp³-hybridized carbons (Fsp3) is 0.381. The third-order valence-electron chi connectivity index (χ3n) is 5.15. The standard InChI is InChI=1S/C21H24ClN5O2/c22-17-4-5-18(23)16(13-17)8-12-28-14-20-25-26-21(29-20)15-6-10-27(11-7-15)19-3-1-2-9-24-19/h1-5,9,13,15H,6-8,10-12,14,23H2. The van der Waals surface area contributed by atoms with Gasteiger partial charge in [0.2, 0.25) is 11.8 Å². The molecule has 0 aliphatic carbocycles. The molecule has 1 aliphatic heterocycles. The van der Waals surface area contributed by atoms with Gasteiger partial charge in [-0.1, -0.05) is 17.7 Å². The van der Waals surface area contributed by atoms with Gasteiger partial charge in [-0.05, 0) is 55.2 Å². The van der Waals surface area contributed by atoms with Gasteiger partial charge < -0.3 is 19.8 Å². The van der Waals surface area contributed by atoms with Gasteiger partial charge in [0, 0.05) is 35.9 Å². The summed E-state index contributed by atoms with van der Waals surface area (Å²) in [6, 6.07) is 11.4. The molecule has 2 aromatic heterocycles. The molecule has 0 amide bonds. The summed E-state index contributed by atoms with van der Waals surface area (Å²) in [6.45, 7) is 2.65. The van der Waals surface area contributed by atoms with E-state index >= 15 is 0 Å². The largest absolute Gasteiger partial charge is 0.422 e. The van der Waals surface area contributed by atoms with Gasteiger partial charge in [0.25, 0.3) is 0 Å². The number of aromatic nitrogens is 3. The highest BCUT2D eigenvalue weighted by Crippen LogP contribution is 2.29. The summed E-state index contributed by atoms with van der Waals surface area (Å²) in [5.41, 5.74) is 7.65. The maximum absolute atomic E-state index is 6.01. The van der Waals surface area contributed by atoms with Gasteiger partial charge in [-0.15, -0.1) is 10.2 Å². The number of anilines is 2.